The van der Waals surface area contributed by atoms with Crippen LogP contribution in [0.25, 0.3) is 0 Å². The molecule has 2 N–H and O–H groups in total. The molecule has 0 aliphatic rings. The van der Waals surface area contributed by atoms with E-state index < -0.39 is 13.6 Å². The summed E-state index contributed by atoms with van der Waals surface area (Å²) in [5, 5.41) is -0.329. The van der Waals surface area contributed by atoms with Crippen molar-refractivity contribution in [2.24, 2.45) is 0 Å². The van der Waals surface area contributed by atoms with Crippen molar-refractivity contribution < 1.29 is 33.7 Å². The highest BCUT2D eigenvalue weighted by Crippen LogP contribution is 2.43. The molecule has 0 atom stereocenters. The fourth-order valence-electron chi connectivity index (χ4n) is 0.981. The molecule has 116 valence electrons. The summed E-state index contributed by atoms with van der Waals surface area (Å²) in [4.78, 5) is 37.8. The molecule has 8 heteroatoms. The van der Waals surface area contributed by atoms with E-state index >= 15 is 0 Å². The molecule has 0 saturated carbocycles. The molecule has 0 rings (SSSR count). The predicted octanol–water partition coefficient (Wildman–Crippen LogP) is 1.92. The normalized spacial score (nSPS) is 11.2. The molecular formula is C12H21O7P. The number of rotatable bonds is 11. The highest BCUT2D eigenvalue weighted by molar-refractivity contribution is 7.56. The SMILES string of the molecule is C=C(C)C(=O)OCCCCCOOCC(=C)P(=O)(O)O. The molecule has 0 aromatic carbocycles. The second-order valence-electron chi connectivity index (χ2n) is 4.17. The van der Waals surface area contributed by atoms with E-state index in [1.807, 2.05) is 0 Å². The minimum Gasteiger partial charge on any atom is -0.462 e. The van der Waals surface area contributed by atoms with Gasteiger partial charge in [-0.15, -0.1) is 0 Å². The van der Waals surface area contributed by atoms with Crippen LogP contribution in [0.15, 0.2) is 24.0 Å². The first-order chi connectivity index (χ1) is 9.25. The third-order valence-electron chi connectivity index (χ3n) is 2.17. The van der Waals surface area contributed by atoms with Gasteiger partial charge in [-0.2, -0.15) is 0 Å². The lowest BCUT2D eigenvalue weighted by molar-refractivity contribution is -0.287. The number of hydrogen-bond acceptors (Lipinski definition) is 5. The van der Waals surface area contributed by atoms with Gasteiger partial charge in [0.1, 0.15) is 6.61 Å². The van der Waals surface area contributed by atoms with Gasteiger partial charge in [0.15, 0.2) is 0 Å². The quantitative estimate of drug-likeness (QED) is 0.150. The Kier molecular flexibility index (Phi) is 9.37. The first-order valence-electron chi connectivity index (χ1n) is 6.06. The van der Waals surface area contributed by atoms with Crippen LogP contribution in [0, 0.1) is 0 Å². The Morgan fingerprint density at radius 3 is 2.25 bits per heavy atom. The molecule has 7 nitrogen and oxygen atoms in total. The molecule has 0 spiro atoms. The van der Waals surface area contributed by atoms with E-state index in [0.717, 1.165) is 6.42 Å². The Labute approximate surface area is 118 Å². The zero-order chi connectivity index (χ0) is 15.6. The topological polar surface area (TPSA) is 102 Å². The summed E-state index contributed by atoms with van der Waals surface area (Å²) in [6, 6.07) is 0. The van der Waals surface area contributed by atoms with Gasteiger partial charge in [0.05, 0.1) is 18.5 Å². The predicted molar refractivity (Wildman–Crippen MR) is 72.7 cm³/mol. The second kappa shape index (κ2) is 9.85. The van der Waals surface area contributed by atoms with Crippen LogP contribution in [0.3, 0.4) is 0 Å². The highest BCUT2D eigenvalue weighted by atomic mass is 31.2. The zero-order valence-corrected chi connectivity index (χ0v) is 12.4. The van der Waals surface area contributed by atoms with Crippen molar-refractivity contribution in [2.45, 2.75) is 26.2 Å². The van der Waals surface area contributed by atoms with E-state index in [-0.39, 0.29) is 18.5 Å². The van der Waals surface area contributed by atoms with Crippen molar-refractivity contribution in [3.8, 4) is 0 Å². The van der Waals surface area contributed by atoms with E-state index in [2.05, 4.69) is 18.0 Å². The fraction of sp³-hybridized carbons (Fsp3) is 0.583. The number of esters is 1. The molecular weight excluding hydrogens is 287 g/mol. The summed E-state index contributed by atoms with van der Waals surface area (Å²) in [7, 11) is -4.30. The molecule has 0 aliphatic carbocycles. The lowest BCUT2D eigenvalue weighted by Gasteiger charge is -2.08. The second-order valence-corrected chi connectivity index (χ2v) is 5.89. The van der Waals surface area contributed by atoms with Crippen molar-refractivity contribution >= 4 is 13.6 Å². The fourth-order valence-corrected chi connectivity index (χ4v) is 1.20. The maximum absolute atomic E-state index is 11.0. The van der Waals surface area contributed by atoms with Gasteiger partial charge in [-0.25, -0.2) is 14.6 Å². The van der Waals surface area contributed by atoms with Gasteiger partial charge >= 0.3 is 13.6 Å². The maximum atomic E-state index is 11.0. The van der Waals surface area contributed by atoms with Crippen molar-refractivity contribution in [1.82, 2.24) is 0 Å². The first-order valence-corrected chi connectivity index (χ1v) is 7.67. The van der Waals surface area contributed by atoms with Crippen LogP contribution >= 0.6 is 7.60 Å². The van der Waals surface area contributed by atoms with Gasteiger partial charge in [-0.3, -0.25) is 4.57 Å². The molecule has 0 radical (unpaired) electrons. The number of carbonyl (C=O) groups excluding carboxylic acids is 1. The van der Waals surface area contributed by atoms with Crippen molar-refractivity contribution in [1.29, 1.82) is 0 Å². The Balaban J connectivity index is 3.38. The lowest BCUT2D eigenvalue weighted by atomic mass is 10.2. The van der Waals surface area contributed by atoms with E-state index in [1.54, 1.807) is 6.92 Å². The van der Waals surface area contributed by atoms with Crippen LogP contribution in [0.1, 0.15) is 26.2 Å². The molecule has 0 fully saturated rings. The van der Waals surface area contributed by atoms with Crippen molar-refractivity contribution in [3.63, 3.8) is 0 Å². The Morgan fingerprint density at radius 2 is 1.70 bits per heavy atom. The lowest BCUT2D eigenvalue weighted by Crippen LogP contribution is -2.06. The third-order valence-corrected chi connectivity index (χ3v) is 3.13. The van der Waals surface area contributed by atoms with Crippen LogP contribution in [-0.4, -0.2) is 35.6 Å². The molecule has 0 saturated heterocycles. The van der Waals surface area contributed by atoms with Gasteiger partial charge in [-0.05, 0) is 26.2 Å². The molecule has 0 amide bonds. The summed E-state index contributed by atoms with van der Waals surface area (Å²) in [5.41, 5.74) is 0.368. The van der Waals surface area contributed by atoms with Crippen molar-refractivity contribution in [2.75, 3.05) is 19.8 Å². The average Bonchev–Trinajstić information content (AvgIpc) is 2.34. The molecule has 0 heterocycles. The summed E-state index contributed by atoms with van der Waals surface area (Å²) in [5.74, 6) is -0.402. The van der Waals surface area contributed by atoms with E-state index in [1.165, 1.54) is 0 Å². The van der Waals surface area contributed by atoms with Crippen LogP contribution in [0.2, 0.25) is 0 Å². The van der Waals surface area contributed by atoms with Crippen LogP contribution in [0.5, 0.6) is 0 Å². The minimum atomic E-state index is -4.30. The number of hydrogen-bond donors (Lipinski definition) is 2. The summed E-state index contributed by atoms with van der Waals surface area (Å²) < 4.78 is 15.6. The van der Waals surface area contributed by atoms with Crippen LogP contribution in [0.4, 0.5) is 0 Å². The van der Waals surface area contributed by atoms with E-state index in [9.17, 15) is 9.36 Å². The Morgan fingerprint density at radius 1 is 1.10 bits per heavy atom. The molecule has 0 bridgehead atoms. The summed E-state index contributed by atoms with van der Waals surface area (Å²) in [6.45, 7) is 8.49. The summed E-state index contributed by atoms with van der Waals surface area (Å²) in [6.07, 6.45) is 2.14. The average molecular weight is 308 g/mol. The van der Waals surface area contributed by atoms with Gasteiger partial charge < -0.3 is 14.5 Å². The number of ether oxygens (including phenoxy) is 1. The Hall–Kier alpha value is -0.980. The van der Waals surface area contributed by atoms with Crippen LogP contribution < -0.4 is 0 Å². The number of unbranched alkanes of at least 4 members (excludes halogenated alkanes) is 2. The summed E-state index contributed by atoms with van der Waals surface area (Å²) >= 11 is 0. The standard InChI is InChI=1S/C12H21O7P/c1-10(2)12(13)17-7-5-4-6-8-18-19-9-11(3)20(14,15)16/h1,3-9H2,2H3,(H2,14,15,16). The Bertz CT molecular complexity index is 385. The van der Waals surface area contributed by atoms with Gasteiger partial charge in [-0.1, -0.05) is 13.2 Å². The van der Waals surface area contributed by atoms with E-state index in [0.29, 0.717) is 25.0 Å². The molecule has 0 aromatic rings. The van der Waals surface area contributed by atoms with Gasteiger partial charge in [0.25, 0.3) is 0 Å². The third kappa shape index (κ3) is 9.89. The monoisotopic (exact) mass is 308 g/mol. The first kappa shape index (κ1) is 19.0. The smallest absolute Gasteiger partial charge is 0.354 e. The molecule has 20 heavy (non-hydrogen) atoms. The zero-order valence-electron chi connectivity index (χ0n) is 11.5. The van der Waals surface area contributed by atoms with Gasteiger partial charge in [0.2, 0.25) is 0 Å². The van der Waals surface area contributed by atoms with Crippen LogP contribution in [-0.2, 0) is 23.9 Å². The molecule has 0 aromatic heterocycles. The van der Waals surface area contributed by atoms with Gasteiger partial charge in [0, 0.05) is 5.57 Å². The largest absolute Gasteiger partial charge is 0.462 e. The minimum absolute atomic E-state index is 0.281. The molecule has 0 aliphatic heterocycles. The van der Waals surface area contributed by atoms with Crippen molar-refractivity contribution in [3.05, 3.63) is 24.0 Å². The molecule has 0 unspecified atom stereocenters. The maximum Gasteiger partial charge on any atom is 0.354 e. The van der Waals surface area contributed by atoms with E-state index in [4.69, 9.17) is 19.4 Å². The number of carbonyl (C=O) groups is 1. The highest BCUT2D eigenvalue weighted by Gasteiger charge is 2.18.